The standard InChI is InChI=1S/C44H45BF2N4O6/c1-29-12-21-38(37(26-29)41-35(22-24-48-41)31-13-17-34(18-14-31)56-28-40(52)53)50-42-36(30-10-6-5-7-11-30)27-39(51(42)45(46)47)32-15-19-33(20-16-32)55-25-9-8-23-49-43(54)57-44(2,3)4/h5-7,10-22,24,26-27,37,48H,8-9,23,25,28H2,1-4H3,(H,49,54)(H,52,53)/b50-38-. The molecule has 0 radical (unpaired) electrons. The quantitative estimate of drug-likeness (QED) is 0.0718. The second-order valence-electron chi connectivity index (χ2n) is 14.6. The van der Waals surface area contributed by atoms with Crippen LogP contribution in [0.4, 0.5) is 19.2 Å². The van der Waals surface area contributed by atoms with Crippen LogP contribution in [-0.2, 0) is 9.53 Å². The minimum absolute atomic E-state index is 0.122. The van der Waals surface area contributed by atoms with E-state index in [-0.39, 0.29) is 5.82 Å². The van der Waals surface area contributed by atoms with E-state index in [9.17, 15) is 9.59 Å². The highest BCUT2D eigenvalue weighted by Crippen LogP contribution is 2.41. The van der Waals surface area contributed by atoms with E-state index in [2.05, 4.69) is 10.3 Å². The van der Waals surface area contributed by atoms with Crippen LogP contribution in [0.1, 0.15) is 52.1 Å². The number of nitrogens with zero attached hydrogens (tertiary/aromatic N) is 2. The number of aliphatic carboxylic acids is 1. The highest BCUT2D eigenvalue weighted by atomic mass is 19.2. The van der Waals surface area contributed by atoms with Gasteiger partial charge in [0.2, 0.25) is 0 Å². The molecule has 1 aliphatic rings. The maximum Gasteiger partial charge on any atom is 0.679 e. The van der Waals surface area contributed by atoms with E-state index >= 15 is 8.63 Å². The van der Waals surface area contributed by atoms with Crippen molar-refractivity contribution in [3.63, 3.8) is 0 Å². The van der Waals surface area contributed by atoms with E-state index < -0.39 is 37.6 Å². The van der Waals surface area contributed by atoms with E-state index in [1.807, 2.05) is 101 Å². The number of carbonyl (C=O) groups excluding carboxylic acids is 1. The summed E-state index contributed by atoms with van der Waals surface area (Å²) in [4.78, 5) is 31.2. The molecule has 3 aromatic carbocycles. The molecule has 57 heavy (non-hydrogen) atoms. The summed E-state index contributed by atoms with van der Waals surface area (Å²) in [5, 5.41) is 11.7. The Labute approximate surface area is 331 Å². The summed E-state index contributed by atoms with van der Waals surface area (Å²) >= 11 is 0. The van der Waals surface area contributed by atoms with Crippen molar-refractivity contribution in [2.24, 2.45) is 4.99 Å². The van der Waals surface area contributed by atoms with Gasteiger partial charge in [0.25, 0.3) is 0 Å². The van der Waals surface area contributed by atoms with Gasteiger partial charge in [-0.05, 0) is 112 Å². The van der Waals surface area contributed by atoms with E-state index in [1.54, 1.807) is 42.5 Å². The molecule has 2 heterocycles. The fraction of sp³-hybridized carbons (Fsp3) is 0.250. The smallest absolute Gasteiger partial charge is 0.494 e. The normalized spacial score (nSPS) is 14.6. The molecule has 10 nitrogen and oxygen atoms in total. The maximum atomic E-state index is 15.3. The van der Waals surface area contributed by atoms with Gasteiger partial charge in [-0.25, -0.2) is 14.6 Å². The number of hydrogen-bond acceptors (Lipinski definition) is 6. The second-order valence-corrected chi connectivity index (χ2v) is 14.6. The number of aromatic nitrogens is 2. The van der Waals surface area contributed by atoms with Crippen molar-refractivity contribution in [1.29, 1.82) is 0 Å². The lowest BCUT2D eigenvalue weighted by Gasteiger charge is -2.20. The van der Waals surface area contributed by atoms with Crippen molar-refractivity contribution < 1.29 is 37.5 Å². The summed E-state index contributed by atoms with van der Waals surface area (Å²) in [6.45, 7) is 7.83. The lowest BCUT2D eigenvalue weighted by atomic mass is 9.88. The van der Waals surface area contributed by atoms with Crippen molar-refractivity contribution >= 4 is 31.0 Å². The number of carboxylic acids is 1. The van der Waals surface area contributed by atoms with Crippen molar-refractivity contribution in [1.82, 2.24) is 14.8 Å². The largest absolute Gasteiger partial charge is 0.679 e. The number of unbranched alkanes of at least 4 members (excludes halogenated alkanes) is 1. The number of ether oxygens (including phenoxy) is 3. The molecule has 6 rings (SSSR count). The summed E-state index contributed by atoms with van der Waals surface area (Å²) in [6.07, 6.45) is 8.59. The average molecular weight is 775 g/mol. The third kappa shape index (κ3) is 10.5. The van der Waals surface area contributed by atoms with Crippen molar-refractivity contribution in [3.05, 3.63) is 127 Å². The van der Waals surface area contributed by atoms with Crippen LogP contribution in [0.15, 0.2) is 126 Å². The van der Waals surface area contributed by atoms with E-state index in [4.69, 9.17) is 24.3 Å². The summed E-state index contributed by atoms with van der Waals surface area (Å²) < 4.78 is 48.1. The second kappa shape index (κ2) is 18.1. The van der Waals surface area contributed by atoms with E-state index in [0.717, 1.165) is 32.4 Å². The van der Waals surface area contributed by atoms with Gasteiger partial charge < -0.3 is 34.1 Å². The summed E-state index contributed by atoms with van der Waals surface area (Å²) in [5.74, 6) is -0.320. The molecule has 294 valence electrons. The predicted octanol–water partition coefficient (Wildman–Crippen LogP) is 10.1. The molecule has 1 atom stereocenters. The average Bonchev–Trinajstić information content (AvgIpc) is 3.82. The zero-order valence-electron chi connectivity index (χ0n) is 32.3. The van der Waals surface area contributed by atoms with Gasteiger partial charge in [0.15, 0.2) is 6.61 Å². The Bertz CT molecular complexity index is 2260. The third-order valence-electron chi connectivity index (χ3n) is 9.07. The lowest BCUT2D eigenvalue weighted by Crippen LogP contribution is -2.33. The van der Waals surface area contributed by atoms with E-state index in [0.29, 0.717) is 60.0 Å². The van der Waals surface area contributed by atoms with Gasteiger partial charge >= 0.3 is 19.5 Å². The van der Waals surface area contributed by atoms with Crippen LogP contribution >= 0.6 is 0 Å². The number of aromatic amines is 1. The van der Waals surface area contributed by atoms with Gasteiger partial charge in [0.1, 0.15) is 22.9 Å². The molecular weight excluding hydrogens is 729 g/mol. The van der Waals surface area contributed by atoms with Crippen LogP contribution in [0.25, 0.3) is 33.5 Å². The zero-order chi connectivity index (χ0) is 40.5. The molecule has 3 N–H and O–H groups in total. The van der Waals surface area contributed by atoms with Crippen LogP contribution in [0.5, 0.6) is 11.5 Å². The number of halogens is 2. The minimum atomic E-state index is -2.91. The molecule has 0 saturated carbocycles. The third-order valence-corrected chi connectivity index (χ3v) is 9.07. The fourth-order valence-corrected chi connectivity index (χ4v) is 6.47. The van der Waals surface area contributed by atoms with Crippen molar-refractivity contribution in [3.8, 4) is 45.0 Å². The number of nitrogens with one attached hydrogen (secondary N) is 2. The van der Waals surface area contributed by atoms with Crippen LogP contribution < -0.4 is 14.8 Å². The van der Waals surface area contributed by atoms with Crippen molar-refractivity contribution in [2.45, 2.75) is 52.1 Å². The molecule has 1 aliphatic carbocycles. The molecule has 0 fully saturated rings. The number of H-pyrrole nitrogens is 1. The predicted molar refractivity (Wildman–Crippen MR) is 220 cm³/mol. The summed E-state index contributed by atoms with van der Waals surface area (Å²) in [7, 11) is -2.91. The van der Waals surface area contributed by atoms with Gasteiger partial charge in [-0.15, -0.1) is 0 Å². The monoisotopic (exact) mass is 774 g/mol. The Balaban J connectivity index is 1.28. The number of hydrogen-bond donors (Lipinski definition) is 3. The molecule has 2 aromatic heterocycles. The van der Waals surface area contributed by atoms with Crippen LogP contribution in [-0.4, -0.2) is 65.1 Å². The van der Waals surface area contributed by atoms with Gasteiger partial charge in [0, 0.05) is 35.3 Å². The Kier molecular flexibility index (Phi) is 12.8. The van der Waals surface area contributed by atoms with Gasteiger partial charge in [-0.1, -0.05) is 60.2 Å². The molecular formula is C44H45BF2N4O6. The Hall–Kier alpha value is -6.37. The summed E-state index contributed by atoms with van der Waals surface area (Å²) in [5.41, 5.74) is 5.73. The Morgan fingerprint density at radius 2 is 1.54 bits per heavy atom. The first kappa shape index (κ1) is 40.3. The highest BCUT2D eigenvalue weighted by molar-refractivity contribution is 6.43. The number of amides is 1. The molecule has 5 aromatic rings. The number of alkyl carbamates (subject to hydrolysis) is 1. The number of rotatable bonds is 15. The Morgan fingerprint density at radius 1 is 0.877 bits per heavy atom. The minimum Gasteiger partial charge on any atom is -0.494 e. The molecule has 0 saturated heterocycles. The Morgan fingerprint density at radius 3 is 2.21 bits per heavy atom. The number of aliphatic imine (C=N–C) groups is 1. The molecule has 0 bridgehead atoms. The van der Waals surface area contributed by atoms with Crippen LogP contribution in [0, 0.1) is 0 Å². The first-order valence-corrected chi connectivity index (χ1v) is 18.7. The van der Waals surface area contributed by atoms with Gasteiger partial charge in [-0.3, -0.25) is 8.63 Å². The number of carboxylic acid groups (broad SMARTS) is 1. The van der Waals surface area contributed by atoms with E-state index in [1.165, 1.54) is 0 Å². The van der Waals surface area contributed by atoms with Gasteiger partial charge in [0.05, 0.1) is 18.2 Å². The SMILES string of the molecule is CC1=CC(c2[nH]ccc2-c2ccc(OCC(=O)O)cc2)/C(=N\c2c(-c3ccccc3)cc(-c3ccc(OCCCCNC(=O)OC(C)(C)C)cc3)n2B(F)F)C=C1. The lowest BCUT2D eigenvalue weighted by molar-refractivity contribution is -0.139. The molecule has 1 unspecified atom stereocenters. The molecule has 0 aliphatic heterocycles. The van der Waals surface area contributed by atoms with Gasteiger partial charge in [-0.2, -0.15) is 0 Å². The molecule has 13 heteroatoms. The maximum absolute atomic E-state index is 15.3. The van der Waals surface area contributed by atoms with Crippen LogP contribution in [0.3, 0.4) is 0 Å². The molecule has 0 spiro atoms. The zero-order valence-corrected chi connectivity index (χ0v) is 32.3. The molecule has 1 amide bonds. The summed E-state index contributed by atoms with van der Waals surface area (Å²) in [6, 6.07) is 27.2. The number of allylic oxidation sites excluding steroid dienone is 4. The fourth-order valence-electron chi connectivity index (χ4n) is 6.47. The first-order chi connectivity index (χ1) is 27.4. The number of carbonyl (C=O) groups is 2. The topological polar surface area (TPSA) is 127 Å². The number of benzene rings is 3. The van der Waals surface area contributed by atoms with Crippen molar-refractivity contribution in [2.75, 3.05) is 19.8 Å². The highest BCUT2D eigenvalue weighted by Gasteiger charge is 2.30. The first-order valence-electron chi connectivity index (χ1n) is 18.7. The van der Waals surface area contributed by atoms with Crippen LogP contribution in [0.2, 0.25) is 0 Å².